The fourth-order valence-corrected chi connectivity index (χ4v) is 11.7. The summed E-state index contributed by atoms with van der Waals surface area (Å²) in [5.41, 5.74) is -1.26. The van der Waals surface area contributed by atoms with Crippen LogP contribution in [-0.2, 0) is 19.1 Å². The van der Waals surface area contributed by atoms with Crippen LogP contribution in [0.4, 0.5) is 0 Å². The molecule has 32 heavy (non-hydrogen) atoms. The van der Waals surface area contributed by atoms with Crippen molar-refractivity contribution in [1.82, 2.24) is 4.90 Å². The number of ether oxygens (including phenoxy) is 2. The van der Waals surface area contributed by atoms with Gasteiger partial charge in [0, 0.05) is 55.6 Å². The normalized spacial score (nSPS) is 62.3. The highest BCUT2D eigenvalue weighted by atomic mass is 16.6. The molecule has 3 aliphatic heterocycles. The monoisotopic (exact) mass is 443 g/mol. The molecule has 0 aromatic heterocycles. The van der Waals surface area contributed by atoms with Crippen molar-refractivity contribution in [3.8, 4) is 0 Å². The maximum Gasteiger partial charge on any atom is 0.303 e. The third-order valence-electron chi connectivity index (χ3n) is 11.1. The molecular weight excluding hydrogens is 410 g/mol. The average molecular weight is 444 g/mol. The van der Waals surface area contributed by atoms with Crippen molar-refractivity contribution < 1.29 is 29.3 Å². The quantitative estimate of drug-likeness (QED) is 0.490. The maximum atomic E-state index is 12.8. The number of carbonyl (C=O) groups is 2. The summed E-state index contributed by atoms with van der Waals surface area (Å²) in [6.45, 7) is 11.3. The lowest BCUT2D eigenvalue weighted by Crippen LogP contribution is -2.77. The first-order chi connectivity index (χ1) is 15.0. The van der Waals surface area contributed by atoms with Gasteiger partial charge < -0.3 is 19.7 Å². The molecular formula is C25H33NO6. The van der Waals surface area contributed by atoms with E-state index in [1.165, 1.54) is 13.8 Å². The molecule has 0 amide bonds. The zero-order valence-corrected chi connectivity index (χ0v) is 19.0. The zero-order valence-electron chi connectivity index (χ0n) is 19.0. The molecule has 6 aliphatic carbocycles. The Kier molecular flexibility index (Phi) is 3.40. The number of hydrogen-bond donors (Lipinski definition) is 2. The number of hydrogen-bond acceptors (Lipinski definition) is 7. The average Bonchev–Trinajstić information content (AvgIpc) is 2.67. The van der Waals surface area contributed by atoms with E-state index in [2.05, 4.69) is 18.4 Å². The van der Waals surface area contributed by atoms with Gasteiger partial charge in [0.25, 0.3) is 0 Å². The third-order valence-corrected chi connectivity index (χ3v) is 11.1. The van der Waals surface area contributed by atoms with Crippen LogP contribution in [0.2, 0.25) is 0 Å². The van der Waals surface area contributed by atoms with E-state index >= 15 is 0 Å². The van der Waals surface area contributed by atoms with Gasteiger partial charge in [-0.25, -0.2) is 0 Å². The first kappa shape index (κ1) is 20.0. The highest BCUT2D eigenvalue weighted by Gasteiger charge is 2.92. The smallest absolute Gasteiger partial charge is 0.303 e. The van der Waals surface area contributed by atoms with Crippen LogP contribution in [-0.4, -0.2) is 70.1 Å². The third kappa shape index (κ3) is 1.77. The van der Waals surface area contributed by atoms with Crippen LogP contribution in [0.1, 0.15) is 46.5 Å². The molecule has 13 atom stereocenters. The number of fused-ring (bicyclic) bond motifs is 1. The van der Waals surface area contributed by atoms with Crippen molar-refractivity contribution in [3.63, 3.8) is 0 Å². The molecule has 9 fully saturated rings. The predicted octanol–water partition coefficient (Wildman–Crippen LogP) is 1.27. The van der Waals surface area contributed by atoms with Crippen LogP contribution < -0.4 is 0 Å². The van der Waals surface area contributed by atoms with Crippen molar-refractivity contribution in [2.75, 3.05) is 13.1 Å². The van der Waals surface area contributed by atoms with Gasteiger partial charge in [0.2, 0.25) is 0 Å². The Morgan fingerprint density at radius 2 is 1.84 bits per heavy atom. The van der Waals surface area contributed by atoms with Gasteiger partial charge in [0.1, 0.15) is 17.8 Å². The molecule has 2 N–H and O–H groups in total. The highest BCUT2D eigenvalue weighted by molar-refractivity contribution is 5.67. The fourth-order valence-electron chi connectivity index (χ4n) is 11.7. The van der Waals surface area contributed by atoms with E-state index in [1.54, 1.807) is 0 Å². The molecule has 7 nitrogen and oxygen atoms in total. The second-order valence-corrected chi connectivity index (χ2v) is 12.5. The van der Waals surface area contributed by atoms with Crippen molar-refractivity contribution in [2.24, 2.45) is 39.9 Å². The Morgan fingerprint density at radius 1 is 1.12 bits per heavy atom. The molecule has 9 bridgehead atoms. The van der Waals surface area contributed by atoms with Crippen molar-refractivity contribution >= 4 is 11.9 Å². The van der Waals surface area contributed by atoms with Crippen LogP contribution >= 0.6 is 0 Å². The number of nitrogens with zero attached hydrogens (tertiary/aromatic N) is 1. The Balaban J connectivity index is 1.49. The van der Waals surface area contributed by atoms with E-state index in [1.807, 2.05) is 0 Å². The standard InChI is InChI=1S/C25H33NO6/c1-11-5-23-6-14-9-26-10-22(4)7-15(31-12(2)27)8-24(18(14)22)19(23)17(29)16(11)20(32-13(3)28)25(23,30)21(24)26/h14-21,29-30H,1,5-10H2,2-4H3/t14?,15-,16?,17?,18+,19?,20+,21-,22-,23?,24?,25+/m0/s1. The molecule has 0 radical (unpaired) electrons. The number of rotatable bonds is 2. The summed E-state index contributed by atoms with van der Waals surface area (Å²) in [4.78, 5) is 26.6. The van der Waals surface area contributed by atoms with Crippen LogP contribution in [0.5, 0.6) is 0 Å². The Hall–Kier alpha value is -1.44. The lowest BCUT2D eigenvalue weighted by atomic mass is 9.35. The molecule has 2 spiro atoms. The lowest BCUT2D eigenvalue weighted by Gasteiger charge is -2.74. The Labute approximate surface area is 188 Å². The number of esters is 2. The molecule has 9 rings (SSSR count). The van der Waals surface area contributed by atoms with Crippen molar-refractivity contribution in [3.05, 3.63) is 12.2 Å². The predicted molar refractivity (Wildman–Crippen MR) is 112 cm³/mol. The van der Waals surface area contributed by atoms with Gasteiger partial charge in [-0.1, -0.05) is 19.1 Å². The van der Waals surface area contributed by atoms with Crippen LogP contribution in [0.25, 0.3) is 0 Å². The van der Waals surface area contributed by atoms with E-state index in [4.69, 9.17) is 9.47 Å². The molecule has 6 saturated carbocycles. The molecule has 7 heteroatoms. The second kappa shape index (κ2) is 5.44. The van der Waals surface area contributed by atoms with Gasteiger partial charge in [-0.15, -0.1) is 0 Å². The number of aliphatic hydroxyl groups is 2. The van der Waals surface area contributed by atoms with Crippen LogP contribution in [0, 0.1) is 39.9 Å². The molecule has 9 aliphatic rings. The first-order valence-electron chi connectivity index (χ1n) is 12.2. The molecule has 0 aromatic carbocycles. The topological polar surface area (TPSA) is 96.3 Å². The van der Waals surface area contributed by atoms with E-state index in [9.17, 15) is 19.8 Å². The molecule has 0 aromatic rings. The summed E-state index contributed by atoms with van der Waals surface area (Å²) in [5.74, 6) is -0.470. The van der Waals surface area contributed by atoms with Crippen molar-refractivity contribution in [2.45, 2.75) is 76.4 Å². The molecule has 7 unspecified atom stereocenters. The summed E-state index contributed by atoms with van der Waals surface area (Å²) in [6, 6.07) is -0.202. The number of aliphatic hydroxyl groups excluding tert-OH is 1. The molecule has 3 heterocycles. The van der Waals surface area contributed by atoms with Crippen LogP contribution in [0.3, 0.4) is 0 Å². The summed E-state index contributed by atoms with van der Waals surface area (Å²) in [7, 11) is 0. The van der Waals surface area contributed by atoms with Gasteiger partial charge in [-0.3, -0.25) is 14.5 Å². The Bertz CT molecular complexity index is 981. The van der Waals surface area contributed by atoms with Crippen molar-refractivity contribution in [1.29, 1.82) is 0 Å². The van der Waals surface area contributed by atoms with Gasteiger partial charge in [0.05, 0.1) is 6.10 Å². The van der Waals surface area contributed by atoms with Gasteiger partial charge in [-0.05, 0) is 42.9 Å². The van der Waals surface area contributed by atoms with E-state index < -0.39 is 35.1 Å². The van der Waals surface area contributed by atoms with Gasteiger partial charge in [-0.2, -0.15) is 0 Å². The van der Waals surface area contributed by atoms with Gasteiger partial charge in [0.15, 0.2) is 0 Å². The summed E-state index contributed by atoms with van der Waals surface area (Å²) < 4.78 is 11.7. The van der Waals surface area contributed by atoms with E-state index in [-0.39, 0.29) is 34.9 Å². The van der Waals surface area contributed by atoms with E-state index in [0.717, 1.165) is 31.5 Å². The lowest BCUT2D eigenvalue weighted by molar-refractivity contribution is -0.285. The largest absolute Gasteiger partial charge is 0.463 e. The minimum Gasteiger partial charge on any atom is -0.463 e. The minimum atomic E-state index is -1.22. The van der Waals surface area contributed by atoms with E-state index in [0.29, 0.717) is 24.7 Å². The molecule has 3 saturated heterocycles. The second-order valence-electron chi connectivity index (χ2n) is 12.5. The number of carbonyl (C=O) groups excluding carboxylic acids is 2. The van der Waals surface area contributed by atoms with Crippen LogP contribution in [0.15, 0.2) is 12.2 Å². The number of piperidine rings is 3. The fraction of sp³-hybridized carbons (Fsp3) is 0.840. The minimum absolute atomic E-state index is 0.0276. The summed E-state index contributed by atoms with van der Waals surface area (Å²) >= 11 is 0. The SMILES string of the molecule is C=C1CC23CC4CN5C[C@]6(C)C[C@H](OC(C)=O)CC7(C2C(O)C1[C@@H](OC(C)=O)[C@@]3(O)[C@@H]57)[C@H]46. The maximum absolute atomic E-state index is 12.8. The summed E-state index contributed by atoms with van der Waals surface area (Å²) in [5, 5.41) is 24.7. The molecule has 174 valence electrons. The van der Waals surface area contributed by atoms with Gasteiger partial charge >= 0.3 is 11.9 Å². The zero-order chi connectivity index (χ0) is 22.6. The highest BCUT2D eigenvalue weighted by Crippen LogP contribution is 2.86. The Morgan fingerprint density at radius 3 is 2.53 bits per heavy atom. The summed E-state index contributed by atoms with van der Waals surface area (Å²) in [6.07, 6.45) is 1.30. The first-order valence-corrected chi connectivity index (χ1v) is 12.2.